The van der Waals surface area contributed by atoms with Crippen molar-refractivity contribution in [3.05, 3.63) is 53.3 Å². The monoisotopic (exact) mass is 240 g/mol. The number of carbonyl (C=O) groups is 1. The Labute approximate surface area is 106 Å². The Bertz CT molecular complexity index is 571. The van der Waals surface area contributed by atoms with Crippen LogP contribution in [-0.4, -0.2) is 15.6 Å². The predicted molar refractivity (Wildman–Crippen MR) is 69.8 cm³/mol. The summed E-state index contributed by atoms with van der Waals surface area (Å²) in [4.78, 5) is 11.7. The number of hydrogen-bond donors (Lipinski definition) is 0. The summed E-state index contributed by atoms with van der Waals surface area (Å²) in [5.41, 5.74) is 3.11. The lowest BCUT2D eigenvalue weighted by Gasteiger charge is -2.08. The summed E-state index contributed by atoms with van der Waals surface area (Å²) in [6.45, 7) is 2.79. The largest absolute Gasteiger partial charge is 0.292 e. The maximum Gasteiger partial charge on any atom is 0.182 e. The minimum Gasteiger partial charge on any atom is -0.292 e. The fourth-order valence-electron chi connectivity index (χ4n) is 2.63. The fourth-order valence-corrected chi connectivity index (χ4v) is 2.63. The van der Waals surface area contributed by atoms with E-state index < -0.39 is 0 Å². The maximum atomic E-state index is 11.7. The minimum absolute atomic E-state index is 0.128. The summed E-state index contributed by atoms with van der Waals surface area (Å²) in [6.07, 6.45) is 1.60. The molecule has 0 fully saturated rings. The lowest BCUT2D eigenvalue weighted by atomic mass is 9.94. The van der Waals surface area contributed by atoms with E-state index in [9.17, 15) is 4.79 Å². The molecule has 18 heavy (non-hydrogen) atoms. The predicted octanol–water partition coefficient (Wildman–Crippen LogP) is 3.01. The van der Waals surface area contributed by atoms with Crippen LogP contribution in [0.5, 0.6) is 0 Å². The third-order valence-corrected chi connectivity index (χ3v) is 3.61. The first-order valence-corrected chi connectivity index (χ1v) is 6.45. The molecule has 2 aromatic rings. The molecule has 0 aliphatic carbocycles. The van der Waals surface area contributed by atoms with E-state index in [0.717, 1.165) is 13.0 Å². The number of aromatic nitrogens is 2. The number of Topliss-reactive ketones (excluding diaryl/α,β-unsaturated/α-hetero) is 1. The van der Waals surface area contributed by atoms with Gasteiger partial charge in [-0.25, -0.2) is 0 Å². The molecule has 92 valence electrons. The van der Waals surface area contributed by atoms with Gasteiger partial charge in [0.05, 0.1) is 0 Å². The summed E-state index contributed by atoms with van der Waals surface area (Å²) in [5, 5.41) is 4.40. The topological polar surface area (TPSA) is 34.9 Å². The van der Waals surface area contributed by atoms with E-state index in [2.05, 4.69) is 29.4 Å². The molecular weight excluding hydrogens is 224 g/mol. The number of aryl methyl sites for hydroxylation is 1. The Morgan fingerprint density at radius 3 is 2.89 bits per heavy atom. The van der Waals surface area contributed by atoms with E-state index in [1.54, 1.807) is 0 Å². The first kappa shape index (κ1) is 11.2. The van der Waals surface area contributed by atoms with Crippen molar-refractivity contribution >= 4 is 5.78 Å². The number of nitrogens with zero attached hydrogens (tertiary/aromatic N) is 2. The highest BCUT2D eigenvalue weighted by Crippen LogP contribution is 2.34. The van der Waals surface area contributed by atoms with Gasteiger partial charge in [-0.3, -0.25) is 9.48 Å². The van der Waals surface area contributed by atoms with Crippen molar-refractivity contribution in [3.63, 3.8) is 0 Å². The van der Waals surface area contributed by atoms with Gasteiger partial charge in [0.15, 0.2) is 5.78 Å². The van der Waals surface area contributed by atoms with E-state index in [1.165, 1.54) is 11.3 Å². The third kappa shape index (κ3) is 1.76. The normalized spacial score (nSPS) is 17.7. The zero-order valence-electron chi connectivity index (χ0n) is 10.5. The van der Waals surface area contributed by atoms with Crippen LogP contribution in [0.4, 0.5) is 0 Å². The Kier molecular flexibility index (Phi) is 2.74. The molecule has 3 heteroatoms. The molecule has 1 aromatic heterocycles. The van der Waals surface area contributed by atoms with Gasteiger partial charge in [0, 0.05) is 24.6 Å². The van der Waals surface area contributed by atoms with Gasteiger partial charge in [0.25, 0.3) is 0 Å². The van der Waals surface area contributed by atoms with E-state index in [1.807, 2.05) is 23.7 Å². The van der Waals surface area contributed by atoms with Gasteiger partial charge in [-0.1, -0.05) is 37.3 Å². The van der Waals surface area contributed by atoms with Crippen LogP contribution in [0.2, 0.25) is 0 Å². The van der Waals surface area contributed by atoms with Crippen LogP contribution in [0, 0.1) is 0 Å². The van der Waals surface area contributed by atoms with Crippen molar-refractivity contribution in [1.82, 2.24) is 9.78 Å². The highest BCUT2D eigenvalue weighted by atomic mass is 16.1. The van der Waals surface area contributed by atoms with Crippen molar-refractivity contribution < 1.29 is 4.79 Å². The van der Waals surface area contributed by atoms with Crippen molar-refractivity contribution in [2.45, 2.75) is 32.2 Å². The quantitative estimate of drug-likeness (QED) is 0.773. The van der Waals surface area contributed by atoms with Crippen molar-refractivity contribution in [2.24, 2.45) is 0 Å². The fraction of sp³-hybridized carbons (Fsp3) is 0.333. The second-order valence-corrected chi connectivity index (χ2v) is 4.71. The molecule has 1 aliphatic heterocycles. The van der Waals surface area contributed by atoms with Gasteiger partial charge in [-0.15, -0.1) is 0 Å². The number of benzene rings is 1. The van der Waals surface area contributed by atoms with E-state index in [-0.39, 0.29) is 5.78 Å². The number of rotatable bonds is 3. The molecular formula is C15H16N2O. The average Bonchev–Trinajstić information content (AvgIpc) is 2.98. The molecule has 0 amide bonds. The van der Waals surface area contributed by atoms with E-state index >= 15 is 0 Å². The SMILES string of the molecule is CCC(=O)c1cc2n(n1)CC[C@@H]2c1ccccc1. The van der Waals surface area contributed by atoms with Crippen molar-refractivity contribution in [3.8, 4) is 0 Å². The highest BCUT2D eigenvalue weighted by molar-refractivity contribution is 5.94. The Hall–Kier alpha value is -1.90. The van der Waals surface area contributed by atoms with Gasteiger partial charge in [0.2, 0.25) is 0 Å². The van der Waals surface area contributed by atoms with Crippen LogP contribution in [-0.2, 0) is 6.54 Å². The molecule has 0 spiro atoms. The molecule has 0 N–H and O–H groups in total. The number of carbonyl (C=O) groups excluding carboxylic acids is 1. The third-order valence-electron chi connectivity index (χ3n) is 3.61. The first-order chi connectivity index (χ1) is 8.79. The summed E-state index contributed by atoms with van der Waals surface area (Å²) in [7, 11) is 0. The van der Waals surface area contributed by atoms with Crippen LogP contribution in [0.25, 0.3) is 0 Å². The smallest absolute Gasteiger partial charge is 0.182 e. The second kappa shape index (κ2) is 4.41. The van der Waals surface area contributed by atoms with E-state index in [0.29, 0.717) is 18.0 Å². The zero-order valence-corrected chi connectivity index (χ0v) is 10.5. The van der Waals surface area contributed by atoms with E-state index in [4.69, 9.17) is 0 Å². The standard InChI is InChI=1S/C15H16N2O/c1-2-15(18)13-10-14-12(8-9-17(14)16-13)11-6-4-3-5-7-11/h3-7,10,12H,2,8-9H2,1H3/t12-/m1/s1. The lowest BCUT2D eigenvalue weighted by molar-refractivity contribution is 0.0982. The molecule has 3 rings (SSSR count). The van der Waals surface area contributed by atoms with Crippen LogP contribution in [0.1, 0.15) is 47.4 Å². The molecule has 3 nitrogen and oxygen atoms in total. The summed E-state index contributed by atoms with van der Waals surface area (Å²) >= 11 is 0. The van der Waals surface area contributed by atoms with Crippen LogP contribution in [0.15, 0.2) is 36.4 Å². The van der Waals surface area contributed by atoms with Crippen LogP contribution < -0.4 is 0 Å². The lowest BCUT2D eigenvalue weighted by Crippen LogP contribution is -2.01. The molecule has 0 saturated carbocycles. The molecule has 0 unspecified atom stereocenters. The van der Waals surface area contributed by atoms with Crippen LogP contribution in [0.3, 0.4) is 0 Å². The van der Waals surface area contributed by atoms with Crippen molar-refractivity contribution in [1.29, 1.82) is 0 Å². The molecule has 0 bridgehead atoms. The summed E-state index contributed by atoms with van der Waals surface area (Å²) in [5.74, 6) is 0.515. The van der Waals surface area contributed by atoms with Crippen LogP contribution >= 0.6 is 0 Å². The molecule has 1 aromatic carbocycles. The van der Waals surface area contributed by atoms with Gasteiger partial charge >= 0.3 is 0 Å². The zero-order chi connectivity index (χ0) is 12.5. The van der Waals surface area contributed by atoms with Gasteiger partial charge in [-0.05, 0) is 18.1 Å². The Morgan fingerprint density at radius 2 is 2.17 bits per heavy atom. The maximum absolute atomic E-state index is 11.7. The number of fused-ring (bicyclic) bond motifs is 1. The Balaban J connectivity index is 1.97. The van der Waals surface area contributed by atoms with Gasteiger partial charge < -0.3 is 0 Å². The number of ketones is 1. The number of hydrogen-bond acceptors (Lipinski definition) is 2. The molecule has 2 heterocycles. The molecule has 1 atom stereocenters. The molecule has 0 radical (unpaired) electrons. The van der Waals surface area contributed by atoms with Gasteiger partial charge in [-0.2, -0.15) is 5.10 Å². The van der Waals surface area contributed by atoms with Crippen molar-refractivity contribution in [2.75, 3.05) is 0 Å². The first-order valence-electron chi connectivity index (χ1n) is 6.45. The summed E-state index contributed by atoms with van der Waals surface area (Å²) < 4.78 is 1.99. The second-order valence-electron chi connectivity index (χ2n) is 4.71. The average molecular weight is 240 g/mol. The van der Waals surface area contributed by atoms with Gasteiger partial charge in [0.1, 0.15) is 5.69 Å². The molecule has 1 aliphatic rings. The summed E-state index contributed by atoms with van der Waals surface area (Å²) in [6, 6.07) is 12.4. The minimum atomic E-state index is 0.128. The Morgan fingerprint density at radius 1 is 1.39 bits per heavy atom. The highest BCUT2D eigenvalue weighted by Gasteiger charge is 2.27. The molecule has 0 saturated heterocycles.